The van der Waals surface area contributed by atoms with E-state index in [0.717, 1.165) is 91.9 Å². The predicted molar refractivity (Wildman–Crippen MR) is 172 cm³/mol. The molecule has 4 rings (SSSR count). The fraction of sp³-hybridized carbons (Fsp3) is 0.528. The molecule has 3 N–H and O–H groups in total. The van der Waals surface area contributed by atoms with E-state index >= 15 is 0 Å². The summed E-state index contributed by atoms with van der Waals surface area (Å²) in [6.07, 6.45) is 9.90. The van der Waals surface area contributed by atoms with Crippen LogP contribution in [0.1, 0.15) is 112 Å². The van der Waals surface area contributed by atoms with Crippen LogP contribution in [-0.2, 0) is 51.3 Å². The van der Waals surface area contributed by atoms with E-state index in [2.05, 4.69) is 36.6 Å². The number of esters is 1. The van der Waals surface area contributed by atoms with Gasteiger partial charge in [0.05, 0.1) is 18.0 Å². The van der Waals surface area contributed by atoms with Crippen molar-refractivity contribution in [2.24, 2.45) is 5.73 Å². The van der Waals surface area contributed by atoms with E-state index in [4.69, 9.17) is 15.2 Å². The molecule has 0 saturated carbocycles. The molecule has 0 aliphatic heterocycles. The molecule has 238 valence electrons. The summed E-state index contributed by atoms with van der Waals surface area (Å²) in [6, 6.07) is 10.8. The van der Waals surface area contributed by atoms with Crippen molar-refractivity contribution in [3.05, 3.63) is 63.8 Å². The molecule has 44 heavy (non-hydrogen) atoms. The van der Waals surface area contributed by atoms with Gasteiger partial charge in [-0.2, -0.15) is 0 Å². The molecule has 2 aromatic carbocycles. The second-order valence-corrected chi connectivity index (χ2v) is 12.0. The van der Waals surface area contributed by atoms with Gasteiger partial charge in [-0.3, -0.25) is 9.59 Å². The van der Waals surface area contributed by atoms with Crippen LogP contribution in [0.4, 0.5) is 0 Å². The summed E-state index contributed by atoms with van der Waals surface area (Å²) < 4.78 is 13.5. The molecule has 1 aliphatic rings. The maximum Gasteiger partial charge on any atom is 0.344 e. The molecule has 1 atom stereocenters. The fourth-order valence-electron chi connectivity index (χ4n) is 6.73. The molecule has 1 aromatic heterocycles. The molecule has 1 aliphatic carbocycles. The Kier molecular flexibility index (Phi) is 11.9. The number of nitrogens with two attached hydrogens (primary N) is 1. The number of fused-ring (bicyclic) bond motifs is 3. The van der Waals surface area contributed by atoms with Crippen LogP contribution in [0.25, 0.3) is 10.9 Å². The van der Waals surface area contributed by atoms with Gasteiger partial charge in [0, 0.05) is 24.0 Å². The van der Waals surface area contributed by atoms with Crippen LogP contribution in [0.3, 0.4) is 0 Å². The summed E-state index contributed by atoms with van der Waals surface area (Å²) in [4.78, 5) is 36.2. The van der Waals surface area contributed by atoms with E-state index in [1.54, 1.807) is 6.92 Å². The number of carboxylic acid groups (broad SMARTS) is 1. The molecule has 1 unspecified atom stereocenters. The topological polar surface area (TPSA) is 121 Å². The summed E-state index contributed by atoms with van der Waals surface area (Å²) in [6.45, 7) is 6.79. The van der Waals surface area contributed by atoms with Gasteiger partial charge in [0.15, 0.2) is 6.61 Å². The zero-order valence-corrected chi connectivity index (χ0v) is 26.6. The van der Waals surface area contributed by atoms with Crippen LogP contribution in [0, 0.1) is 0 Å². The first-order chi connectivity index (χ1) is 21.3. The number of carbonyl (C=O) groups is 3. The summed E-state index contributed by atoms with van der Waals surface area (Å²) in [5, 5.41) is 11.2. The molecule has 1 amide bonds. The molecule has 0 bridgehead atoms. The lowest BCUT2D eigenvalue weighted by Gasteiger charge is -2.22. The lowest BCUT2D eigenvalue weighted by atomic mass is 9.84. The second kappa shape index (κ2) is 15.8. The average Bonchev–Trinajstić information content (AvgIpc) is 3.31. The lowest BCUT2D eigenvalue weighted by molar-refractivity contribution is -0.145. The summed E-state index contributed by atoms with van der Waals surface area (Å²) >= 11 is 0. The van der Waals surface area contributed by atoms with Crippen LogP contribution < -0.4 is 10.5 Å². The van der Waals surface area contributed by atoms with Crippen molar-refractivity contribution in [3.8, 4) is 5.75 Å². The van der Waals surface area contributed by atoms with Crippen LogP contribution in [0.2, 0.25) is 0 Å². The first kappa shape index (κ1) is 33.1. The first-order valence-electron chi connectivity index (χ1n) is 16.3. The molecule has 8 heteroatoms. The highest BCUT2D eigenvalue weighted by atomic mass is 16.6. The number of aromatic nitrogens is 1. The molecule has 0 spiro atoms. The third-order valence-corrected chi connectivity index (χ3v) is 8.50. The highest BCUT2D eigenvalue weighted by molar-refractivity contribution is 5.98. The second-order valence-electron chi connectivity index (χ2n) is 12.0. The largest absolute Gasteiger partial charge is 0.481 e. The van der Waals surface area contributed by atoms with Crippen molar-refractivity contribution in [1.82, 2.24) is 4.57 Å². The van der Waals surface area contributed by atoms with Crippen molar-refractivity contribution >= 4 is 28.7 Å². The first-order valence-corrected chi connectivity index (χ1v) is 16.3. The zero-order valence-electron chi connectivity index (χ0n) is 26.6. The van der Waals surface area contributed by atoms with Gasteiger partial charge in [-0.15, -0.1) is 0 Å². The van der Waals surface area contributed by atoms with Gasteiger partial charge in [0.25, 0.3) is 0 Å². The molecule has 3 aromatic rings. The Morgan fingerprint density at radius 2 is 1.66 bits per heavy atom. The Balaban J connectivity index is 1.88. The van der Waals surface area contributed by atoms with E-state index in [-0.39, 0.29) is 19.1 Å². The Labute approximate surface area is 260 Å². The zero-order chi connectivity index (χ0) is 31.6. The molecular formula is C36H48N2O6. The number of aryl methyl sites for hydroxylation is 3. The third-order valence-electron chi connectivity index (χ3n) is 8.50. The number of unbranched alkanes of at least 4 members (excludes halogenated alkanes) is 2. The molecule has 8 nitrogen and oxygen atoms in total. The van der Waals surface area contributed by atoms with Crippen molar-refractivity contribution in [3.63, 3.8) is 0 Å². The van der Waals surface area contributed by atoms with Gasteiger partial charge >= 0.3 is 11.9 Å². The van der Waals surface area contributed by atoms with E-state index in [9.17, 15) is 19.5 Å². The molecule has 0 fully saturated rings. The van der Waals surface area contributed by atoms with E-state index < -0.39 is 17.9 Å². The minimum Gasteiger partial charge on any atom is -0.481 e. The number of hydrogen-bond donors (Lipinski definition) is 2. The number of primary amides is 1. The standard InChI is InChI=1S/C36H48N2O6/c1-4-11-24-19-25(12-5-2)21-26(20-24)22-38-29-15-10-14-28(36(41)42)33(29)34-30(44-23-32(40)43-6-3)18-17-27(35(34)38)13-8-7-9-16-31(37)39/h17-21,28H,4-16,22-23H2,1-3H3,(H2,37,39)(H,41,42). The Bertz CT molecular complexity index is 1450. The Hall–Kier alpha value is -3.81. The summed E-state index contributed by atoms with van der Waals surface area (Å²) in [5.41, 5.74) is 13.2. The molecular weight excluding hydrogens is 556 g/mol. The number of amides is 1. The van der Waals surface area contributed by atoms with E-state index in [0.29, 0.717) is 25.1 Å². The summed E-state index contributed by atoms with van der Waals surface area (Å²) in [7, 11) is 0. The number of carbonyl (C=O) groups excluding carboxylic acids is 2. The number of rotatable bonds is 17. The average molecular weight is 605 g/mol. The lowest BCUT2D eigenvalue weighted by Crippen LogP contribution is -2.19. The van der Waals surface area contributed by atoms with Crippen LogP contribution >= 0.6 is 0 Å². The normalized spacial score (nSPS) is 14.4. The number of aliphatic carboxylic acids is 1. The van der Waals surface area contributed by atoms with Crippen LogP contribution in [0.5, 0.6) is 5.75 Å². The van der Waals surface area contributed by atoms with Gasteiger partial charge in [0.2, 0.25) is 5.91 Å². The minimum absolute atomic E-state index is 0.244. The number of carboxylic acids is 1. The van der Waals surface area contributed by atoms with Crippen molar-refractivity contribution < 1.29 is 29.0 Å². The smallest absolute Gasteiger partial charge is 0.344 e. The fourth-order valence-corrected chi connectivity index (χ4v) is 6.73. The number of ether oxygens (including phenoxy) is 2. The molecule has 1 heterocycles. The summed E-state index contributed by atoms with van der Waals surface area (Å²) in [5.74, 6) is -1.73. The van der Waals surface area contributed by atoms with Crippen LogP contribution in [-0.4, -0.2) is 40.7 Å². The van der Waals surface area contributed by atoms with Gasteiger partial charge in [0.1, 0.15) is 5.75 Å². The third kappa shape index (κ3) is 8.01. The monoisotopic (exact) mass is 604 g/mol. The van der Waals surface area contributed by atoms with E-state index in [1.165, 1.54) is 16.7 Å². The van der Waals surface area contributed by atoms with Gasteiger partial charge in [-0.1, -0.05) is 57.4 Å². The van der Waals surface area contributed by atoms with Crippen molar-refractivity contribution in [2.75, 3.05) is 13.2 Å². The highest BCUT2D eigenvalue weighted by Crippen LogP contribution is 2.45. The SMILES string of the molecule is CCCc1cc(CCC)cc(Cn2c3c(c4c(OCC(=O)OCC)ccc(CCCCCC(N)=O)c42)C(C(=O)O)CCC3)c1. The van der Waals surface area contributed by atoms with E-state index in [1.807, 2.05) is 12.1 Å². The number of nitrogens with zero attached hydrogens (tertiary/aromatic N) is 1. The van der Waals surface area contributed by atoms with Gasteiger partial charge < -0.3 is 24.9 Å². The number of benzene rings is 2. The Morgan fingerprint density at radius 3 is 2.30 bits per heavy atom. The van der Waals surface area contributed by atoms with Crippen LogP contribution in [0.15, 0.2) is 30.3 Å². The Morgan fingerprint density at radius 1 is 0.955 bits per heavy atom. The maximum absolute atomic E-state index is 12.6. The molecule has 0 radical (unpaired) electrons. The number of hydrogen-bond acceptors (Lipinski definition) is 5. The molecule has 0 saturated heterocycles. The van der Waals surface area contributed by atoms with Crippen molar-refractivity contribution in [2.45, 2.75) is 110 Å². The highest BCUT2D eigenvalue weighted by Gasteiger charge is 2.34. The maximum atomic E-state index is 12.6. The minimum atomic E-state index is -0.839. The quantitative estimate of drug-likeness (QED) is 0.132. The predicted octanol–water partition coefficient (Wildman–Crippen LogP) is 6.63. The van der Waals surface area contributed by atoms with Gasteiger partial charge in [-0.25, -0.2) is 4.79 Å². The van der Waals surface area contributed by atoms with Crippen molar-refractivity contribution in [1.29, 1.82) is 0 Å². The van der Waals surface area contributed by atoms with Gasteiger partial charge in [-0.05, 0) is 92.2 Å².